The van der Waals surface area contributed by atoms with Crippen molar-refractivity contribution >= 4 is 29.0 Å². The number of benzene rings is 2. The quantitative estimate of drug-likeness (QED) is 0.777. The maximum Gasteiger partial charge on any atom is 0.194 e. The van der Waals surface area contributed by atoms with Crippen LogP contribution < -0.4 is 4.74 Å². The highest BCUT2D eigenvalue weighted by Crippen LogP contribution is 2.32. The van der Waals surface area contributed by atoms with Gasteiger partial charge in [-0.15, -0.1) is 0 Å². The molecule has 0 radical (unpaired) electrons. The lowest BCUT2D eigenvalue weighted by Crippen LogP contribution is -2.02. The molecule has 2 rings (SSSR count). The predicted molar refractivity (Wildman–Crippen MR) is 77.6 cm³/mol. The minimum Gasteiger partial charge on any atom is -0.495 e. The van der Waals surface area contributed by atoms with Gasteiger partial charge in [0.25, 0.3) is 0 Å². The molecule has 0 fully saturated rings. The second-order valence-electron chi connectivity index (χ2n) is 4.16. The molecule has 0 aromatic heterocycles. The summed E-state index contributed by atoms with van der Waals surface area (Å²) < 4.78 is 5.05. The normalized spacial score (nSPS) is 10.3. The summed E-state index contributed by atoms with van der Waals surface area (Å²) in [5.41, 5.74) is 2.04. The van der Waals surface area contributed by atoms with Crippen molar-refractivity contribution in [1.82, 2.24) is 0 Å². The van der Waals surface area contributed by atoms with Crippen molar-refractivity contribution in [3.63, 3.8) is 0 Å². The molecule has 0 spiro atoms. The molecule has 0 saturated carbocycles. The van der Waals surface area contributed by atoms with Crippen LogP contribution >= 0.6 is 23.2 Å². The molecule has 2 aromatic carbocycles. The third kappa shape index (κ3) is 2.91. The summed E-state index contributed by atoms with van der Waals surface area (Å²) in [6.45, 7) is 1.96. The minimum absolute atomic E-state index is 0.158. The van der Waals surface area contributed by atoms with Gasteiger partial charge in [0, 0.05) is 17.2 Å². The van der Waals surface area contributed by atoms with E-state index in [0.29, 0.717) is 26.9 Å². The van der Waals surface area contributed by atoms with Gasteiger partial charge in [0.1, 0.15) is 5.75 Å². The van der Waals surface area contributed by atoms with Crippen molar-refractivity contribution in [3.05, 3.63) is 63.1 Å². The van der Waals surface area contributed by atoms with Crippen LogP contribution in [0.3, 0.4) is 0 Å². The Morgan fingerprint density at radius 2 is 1.68 bits per heavy atom. The van der Waals surface area contributed by atoms with Crippen LogP contribution in [-0.2, 0) is 0 Å². The Morgan fingerprint density at radius 3 is 2.26 bits per heavy atom. The summed E-state index contributed by atoms with van der Waals surface area (Å²) in [4.78, 5) is 12.3. The Balaban J connectivity index is 2.44. The molecular formula is C15H12Cl2O2. The first-order valence-electron chi connectivity index (χ1n) is 5.67. The number of ketones is 1. The average Bonchev–Trinajstić information content (AvgIpc) is 2.41. The number of rotatable bonds is 3. The van der Waals surface area contributed by atoms with Crippen LogP contribution in [0.15, 0.2) is 36.4 Å². The number of carbonyl (C=O) groups excluding carboxylic acids is 1. The van der Waals surface area contributed by atoms with Crippen molar-refractivity contribution < 1.29 is 9.53 Å². The van der Waals surface area contributed by atoms with Gasteiger partial charge in [-0.1, -0.05) is 53.0 Å². The second kappa shape index (κ2) is 5.64. The molecule has 2 nitrogen and oxygen atoms in total. The van der Waals surface area contributed by atoms with E-state index in [1.807, 2.05) is 19.1 Å². The van der Waals surface area contributed by atoms with Gasteiger partial charge >= 0.3 is 0 Å². The average molecular weight is 295 g/mol. The smallest absolute Gasteiger partial charge is 0.194 e. The number of aryl methyl sites for hydroxylation is 1. The fourth-order valence-corrected chi connectivity index (χ4v) is 2.20. The molecule has 0 aliphatic carbocycles. The molecule has 0 atom stereocenters. The van der Waals surface area contributed by atoms with Gasteiger partial charge in [0.15, 0.2) is 5.78 Å². The van der Waals surface area contributed by atoms with E-state index in [2.05, 4.69) is 0 Å². The third-order valence-corrected chi connectivity index (χ3v) is 3.41. The van der Waals surface area contributed by atoms with E-state index in [1.54, 1.807) is 18.2 Å². The molecular weight excluding hydrogens is 283 g/mol. The lowest BCUT2D eigenvalue weighted by Gasteiger charge is -2.08. The van der Waals surface area contributed by atoms with Crippen LogP contribution in [0.25, 0.3) is 0 Å². The summed E-state index contributed by atoms with van der Waals surface area (Å²) in [7, 11) is 1.50. The molecule has 2 aromatic rings. The van der Waals surface area contributed by atoms with E-state index in [9.17, 15) is 4.79 Å². The summed E-state index contributed by atoms with van der Waals surface area (Å²) in [6.07, 6.45) is 0. The van der Waals surface area contributed by atoms with E-state index in [0.717, 1.165) is 5.56 Å². The Kier molecular flexibility index (Phi) is 4.13. The lowest BCUT2D eigenvalue weighted by molar-refractivity contribution is 0.103. The molecule has 0 saturated heterocycles. The van der Waals surface area contributed by atoms with E-state index in [1.165, 1.54) is 13.2 Å². The molecule has 0 N–H and O–H groups in total. The van der Waals surface area contributed by atoms with Crippen LogP contribution in [0, 0.1) is 6.92 Å². The molecule has 19 heavy (non-hydrogen) atoms. The number of ether oxygens (including phenoxy) is 1. The maximum atomic E-state index is 12.3. The third-order valence-electron chi connectivity index (χ3n) is 2.80. The first-order chi connectivity index (χ1) is 9.02. The SMILES string of the molecule is COc1cc(Cl)c(C(=O)c2ccc(C)cc2)cc1Cl. The van der Waals surface area contributed by atoms with Gasteiger partial charge in [-0.05, 0) is 13.0 Å². The highest BCUT2D eigenvalue weighted by atomic mass is 35.5. The van der Waals surface area contributed by atoms with Gasteiger partial charge < -0.3 is 4.74 Å². The molecule has 0 unspecified atom stereocenters. The fourth-order valence-electron chi connectivity index (χ4n) is 1.72. The van der Waals surface area contributed by atoms with Crippen LogP contribution in [0.2, 0.25) is 10.0 Å². The predicted octanol–water partition coefficient (Wildman–Crippen LogP) is 4.54. The molecule has 0 bridgehead atoms. The molecule has 4 heteroatoms. The number of hydrogen-bond donors (Lipinski definition) is 0. The van der Waals surface area contributed by atoms with Crippen LogP contribution in [0.5, 0.6) is 5.75 Å². The van der Waals surface area contributed by atoms with E-state index >= 15 is 0 Å². The Morgan fingerprint density at radius 1 is 1.05 bits per heavy atom. The number of carbonyl (C=O) groups is 1. The zero-order chi connectivity index (χ0) is 14.0. The van der Waals surface area contributed by atoms with Crippen molar-refractivity contribution in [3.8, 4) is 5.75 Å². The lowest BCUT2D eigenvalue weighted by atomic mass is 10.0. The van der Waals surface area contributed by atoms with Gasteiger partial charge in [0.05, 0.1) is 17.2 Å². The van der Waals surface area contributed by atoms with E-state index < -0.39 is 0 Å². The number of methoxy groups -OCH3 is 1. The van der Waals surface area contributed by atoms with Gasteiger partial charge in [0.2, 0.25) is 0 Å². The van der Waals surface area contributed by atoms with Crippen molar-refractivity contribution in [2.24, 2.45) is 0 Å². The topological polar surface area (TPSA) is 26.3 Å². The monoisotopic (exact) mass is 294 g/mol. The Bertz CT molecular complexity index is 619. The number of hydrogen-bond acceptors (Lipinski definition) is 2. The van der Waals surface area contributed by atoms with E-state index in [4.69, 9.17) is 27.9 Å². The zero-order valence-corrected chi connectivity index (χ0v) is 12.0. The Labute approximate surface area is 121 Å². The van der Waals surface area contributed by atoms with Crippen molar-refractivity contribution in [1.29, 1.82) is 0 Å². The fraction of sp³-hybridized carbons (Fsp3) is 0.133. The largest absolute Gasteiger partial charge is 0.495 e. The minimum atomic E-state index is -0.158. The van der Waals surface area contributed by atoms with Gasteiger partial charge in [-0.25, -0.2) is 0 Å². The van der Waals surface area contributed by atoms with Gasteiger partial charge in [-0.3, -0.25) is 4.79 Å². The number of halogens is 2. The first kappa shape index (κ1) is 13.9. The first-order valence-corrected chi connectivity index (χ1v) is 6.43. The van der Waals surface area contributed by atoms with Crippen LogP contribution in [0.1, 0.15) is 21.5 Å². The molecule has 0 aliphatic heterocycles. The summed E-state index contributed by atoms with van der Waals surface area (Å²) in [5.74, 6) is 0.293. The maximum absolute atomic E-state index is 12.3. The summed E-state index contributed by atoms with van der Waals surface area (Å²) >= 11 is 12.1. The standard InChI is InChI=1S/C15H12Cl2O2/c1-9-3-5-10(6-4-9)15(18)11-7-13(17)14(19-2)8-12(11)16/h3-8H,1-2H3. The molecule has 0 amide bonds. The van der Waals surface area contributed by atoms with Crippen LogP contribution in [-0.4, -0.2) is 12.9 Å². The zero-order valence-electron chi connectivity index (χ0n) is 10.5. The summed E-state index contributed by atoms with van der Waals surface area (Å²) in [6, 6.07) is 10.4. The molecule has 98 valence electrons. The van der Waals surface area contributed by atoms with E-state index in [-0.39, 0.29) is 5.78 Å². The van der Waals surface area contributed by atoms with Crippen LogP contribution in [0.4, 0.5) is 0 Å². The highest BCUT2D eigenvalue weighted by molar-refractivity contribution is 6.37. The van der Waals surface area contributed by atoms with Crippen molar-refractivity contribution in [2.75, 3.05) is 7.11 Å². The highest BCUT2D eigenvalue weighted by Gasteiger charge is 2.16. The Hall–Kier alpha value is -1.51. The molecule has 0 heterocycles. The second-order valence-corrected chi connectivity index (χ2v) is 4.98. The van der Waals surface area contributed by atoms with Crippen molar-refractivity contribution in [2.45, 2.75) is 6.92 Å². The van der Waals surface area contributed by atoms with Gasteiger partial charge in [-0.2, -0.15) is 0 Å². The summed E-state index contributed by atoms with van der Waals surface area (Å²) in [5, 5.41) is 0.689. The molecule has 0 aliphatic rings.